The Morgan fingerprint density at radius 1 is 1.39 bits per heavy atom. The lowest BCUT2D eigenvalue weighted by atomic mass is 10.2. The van der Waals surface area contributed by atoms with Crippen LogP contribution in [0.15, 0.2) is 39.5 Å². The van der Waals surface area contributed by atoms with Crippen molar-refractivity contribution < 1.29 is 9.21 Å². The summed E-state index contributed by atoms with van der Waals surface area (Å²) in [6.07, 6.45) is 2.06. The summed E-state index contributed by atoms with van der Waals surface area (Å²) in [4.78, 5) is 23.8. The lowest BCUT2D eigenvalue weighted by Crippen LogP contribution is -2.19. The number of benzene rings is 1. The van der Waals surface area contributed by atoms with Gasteiger partial charge in [-0.1, -0.05) is 25.5 Å². The number of hydrogen-bond donors (Lipinski definition) is 2. The molecule has 0 aliphatic carbocycles. The topological polar surface area (TPSA) is 92.9 Å². The van der Waals surface area contributed by atoms with Crippen molar-refractivity contribution in [2.45, 2.75) is 32.7 Å². The van der Waals surface area contributed by atoms with E-state index >= 15 is 0 Å². The Kier molecular flexibility index (Phi) is 4.27. The second kappa shape index (κ2) is 6.51. The Balaban J connectivity index is 1.64. The van der Waals surface area contributed by atoms with Crippen molar-refractivity contribution in [3.63, 3.8) is 0 Å². The second-order valence-electron chi connectivity index (χ2n) is 5.31. The number of oxazole rings is 1. The summed E-state index contributed by atoms with van der Waals surface area (Å²) >= 11 is 0. The van der Waals surface area contributed by atoms with Gasteiger partial charge in [-0.3, -0.25) is 14.5 Å². The number of nitrogens with zero attached hydrogens (tertiary/aromatic N) is 2. The Bertz CT molecular complexity index is 875. The van der Waals surface area contributed by atoms with E-state index in [0.29, 0.717) is 16.9 Å². The molecule has 0 aliphatic heterocycles. The van der Waals surface area contributed by atoms with Crippen LogP contribution in [-0.4, -0.2) is 20.7 Å². The SMILES string of the molecule is CCCc1cc(NC(=O)CCn2c(=O)oc3ccccc32)n[nH]1. The maximum atomic E-state index is 12.0. The minimum atomic E-state index is -0.455. The van der Waals surface area contributed by atoms with E-state index in [9.17, 15) is 9.59 Å². The van der Waals surface area contributed by atoms with Crippen LogP contribution in [0.5, 0.6) is 0 Å². The zero-order valence-corrected chi connectivity index (χ0v) is 12.8. The first-order chi connectivity index (χ1) is 11.2. The van der Waals surface area contributed by atoms with Crippen molar-refractivity contribution in [2.75, 3.05) is 5.32 Å². The molecule has 2 heterocycles. The van der Waals surface area contributed by atoms with Crippen LogP contribution in [0.2, 0.25) is 0 Å². The molecule has 0 fully saturated rings. The van der Waals surface area contributed by atoms with Gasteiger partial charge in [0.1, 0.15) is 0 Å². The second-order valence-corrected chi connectivity index (χ2v) is 5.31. The number of carbonyl (C=O) groups excluding carboxylic acids is 1. The highest BCUT2D eigenvalue weighted by Gasteiger charge is 2.11. The summed E-state index contributed by atoms with van der Waals surface area (Å²) in [6.45, 7) is 2.33. The van der Waals surface area contributed by atoms with Gasteiger partial charge >= 0.3 is 5.76 Å². The number of aryl methyl sites for hydroxylation is 2. The molecule has 3 rings (SSSR count). The van der Waals surface area contributed by atoms with Crippen LogP contribution in [0.1, 0.15) is 25.5 Å². The van der Waals surface area contributed by atoms with E-state index in [1.807, 2.05) is 12.1 Å². The van der Waals surface area contributed by atoms with Crippen LogP contribution < -0.4 is 11.1 Å². The van der Waals surface area contributed by atoms with Gasteiger partial charge in [0.2, 0.25) is 5.91 Å². The first kappa shape index (κ1) is 15.1. The Morgan fingerprint density at radius 2 is 2.22 bits per heavy atom. The number of amides is 1. The average Bonchev–Trinajstić information content (AvgIpc) is 3.09. The number of anilines is 1. The molecule has 23 heavy (non-hydrogen) atoms. The third-order valence-electron chi connectivity index (χ3n) is 3.55. The molecule has 0 aliphatic rings. The molecule has 0 saturated heterocycles. The van der Waals surface area contributed by atoms with Crippen molar-refractivity contribution in [3.05, 3.63) is 46.6 Å². The fraction of sp³-hybridized carbons (Fsp3) is 0.312. The first-order valence-electron chi connectivity index (χ1n) is 7.60. The third-order valence-corrected chi connectivity index (χ3v) is 3.55. The number of fused-ring (bicyclic) bond motifs is 1. The van der Waals surface area contributed by atoms with E-state index in [2.05, 4.69) is 22.4 Å². The number of H-pyrrole nitrogens is 1. The van der Waals surface area contributed by atoms with Gasteiger partial charge < -0.3 is 9.73 Å². The molecule has 7 heteroatoms. The molecule has 1 aromatic carbocycles. The summed E-state index contributed by atoms with van der Waals surface area (Å²) in [7, 11) is 0. The van der Waals surface area contributed by atoms with Gasteiger partial charge in [-0.05, 0) is 18.6 Å². The molecule has 2 N–H and O–H groups in total. The normalized spacial score (nSPS) is 11.0. The van der Waals surface area contributed by atoms with E-state index in [1.165, 1.54) is 4.57 Å². The molecule has 2 aromatic heterocycles. The molecule has 0 saturated carbocycles. The van der Waals surface area contributed by atoms with E-state index in [-0.39, 0.29) is 18.9 Å². The van der Waals surface area contributed by atoms with Crippen molar-refractivity contribution in [1.82, 2.24) is 14.8 Å². The molecule has 0 radical (unpaired) electrons. The van der Waals surface area contributed by atoms with Crippen LogP contribution in [0.25, 0.3) is 11.1 Å². The van der Waals surface area contributed by atoms with Gasteiger partial charge in [-0.2, -0.15) is 5.10 Å². The highest BCUT2D eigenvalue weighted by atomic mass is 16.4. The molecule has 0 unspecified atom stereocenters. The standard InChI is InChI=1S/C16H18N4O3/c1-2-5-11-10-14(19-18-11)17-15(21)8-9-20-12-6-3-4-7-13(12)23-16(20)22/h3-4,6-7,10H,2,5,8-9H2,1H3,(H2,17,18,19,21). The number of aromatic nitrogens is 3. The minimum absolute atomic E-state index is 0.166. The summed E-state index contributed by atoms with van der Waals surface area (Å²) in [5.74, 6) is -0.149. The van der Waals surface area contributed by atoms with Crippen molar-refractivity contribution in [3.8, 4) is 0 Å². The van der Waals surface area contributed by atoms with Crippen molar-refractivity contribution in [2.24, 2.45) is 0 Å². The predicted molar refractivity (Wildman–Crippen MR) is 86.3 cm³/mol. The average molecular weight is 314 g/mol. The molecule has 7 nitrogen and oxygen atoms in total. The summed E-state index contributed by atoms with van der Waals surface area (Å²) < 4.78 is 6.60. The lowest BCUT2D eigenvalue weighted by molar-refractivity contribution is -0.116. The fourth-order valence-corrected chi connectivity index (χ4v) is 2.47. The quantitative estimate of drug-likeness (QED) is 0.730. The van der Waals surface area contributed by atoms with E-state index in [0.717, 1.165) is 18.5 Å². The van der Waals surface area contributed by atoms with E-state index in [4.69, 9.17) is 4.42 Å². The van der Waals surface area contributed by atoms with Gasteiger partial charge in [0, 0.05) is 24.7 Å². The van der Waals surface area contributed by atoms with Crippen LogP contribution in [0.3, 0.4) is 0 Å². The van der Waals surface area contributed by atoms with Gasteiger partial charge in [-0.15, -0.1) is 0 Å². The smallest absolute Gasteiger partial charge is 0.408 e. The fourth-order valence-electron chi connectivity index (χ4n) is 2.47. The number of rotatable bonds is 6. The molecule has 0 spiro atoms. The number of carbonyl (C=O) groups is 1. The summed E-state index contributed by atoms with van der Waals surface area (Å²) in [5, 5.41) is 9.65. The number of aromatic amines is 1. The summed E-state index contributed by atoms with van der Waals surface area (Å²) in [5.41, 5.74) is 2.20. The maximum absolute atomic E-state index is 12.0. The minimum Gasteiger partial charge on any atom is -0.408 e. The van der Waals surface area contributed by atoms with Crippen LogP contribution in [-0.2, 0) is 17.8 Å². The number of para-hydroxylation sites is 2. The van der Waals surface area contributed by atoms with E-state index < -0.39 is 5.76 Å². The molecule has 3 aromatic rings. The number of hydrogen-bond acceptors (Lipinski definition) is 4. The van der Waals surface area contributed by atoms with Gasteiger partial charge in [0.25, 0.3) is 0 Å². The Morgan fingerprint density at radius 3 is 3.04 bits per heavy atom. The van der Waals surface area contributed by atoms with Gasteiger partial charge in [-0.25, -0.2) is 4.79 Å². The molecule has 0 bridgehead atoms. The number of nitrogens with one attached hydrogen (secondary N) is 2. The summed E-state index contributed by atoms with van der Waals surface area (Å²) in [6, 6.07) is 8.97. The van der Waals surface area contributed by atoms with Crippen molar-refractivity contribution >= 4 is 22.8 Å². The Hall–Kier alpha value is -2.83. The van der Waals surface area contributed by atoms with E-state index in [1.54, 1.807) is 18.2 Å². The highest BCUT2D eigenvalue weighted by Crippen LogP contribution is 2.12. The Labute approximate surface area is 132 Å². The maximum Gasteiger partial charge on any atom is 0.419 e. The zero-order valence-electron chi connectivity index (χ0n) is 12.8. The molecule has 1 amide bonds. The third kappa shape index (κ3) is 3.33. The molecule has 120 valence electrons. The molecular formula is C16H18N4O3. The monoisotopic (exact) mass is 314 g/mol. The highest BCUT2D eigenvalue weighted by molar-refractivity contribution is 5.89. The predicted octanol–water partition coefficient (Wildman–Crippen LogP) is 2.30. The molecular weight excluding hydrogens is 296 g/mol. The zero-order chi connectivity index (χ0) is 16.2. The van der Waals surface area contributed by atoms with Crippen LogP contribution in [0, 0.1) is 0 Å². The van der Waals surface area contributed by atoms with Crippen LogP contribution in [0.4, 0.5) is 5.82 Å². The van der Waals surface area contributed by atoms with Crippen molar-refractivity contribution in [1.29, 1.82) is 0 Å². The lowest BCUT2D eigenvalue weighted by Gasteiger charge is -2.02. The molecule has 0 atom stereocenters. The van der Waals surface area contributed by atoms with Gasteiger partial charge in [0.15, 0.2) is 11.4 Å². The van der Waals surface area contributed by atoms with Crippen LogP contribution >= 0.6 is 0 Å². The largest absolute Gasteiger partial charge is 0.419 e. The first-order valence-corrected chi connectivity index (χ1v) is 7.60. The van der Waals surface area contributed by atoms with Gasteiger partial charge in [0.05, 0.1) is 5.52 Å².